The molecule has 124 valence electrons. The summed E-state index contributed by atoms with van der Waals surface area (Å²) in [5.41, 5.74) is 5.01. The van der Waals surface area contributed by atoms with Crippen LogP contribution < -0.4 is 5.32 Å². The highest BCUT2D eigenvalue weighted by atomic mass is 16.3. The predicted molar refractivity (Wildman–Crippen MR) is 97.1 cm³/mol. The molecule has 0 amide bonds. The van der Waals surface area contributed by atoms with E-state index in [0.717, 1.165) is 48.3 Å². The zero-order chi connectivity index (χ0) is 17.1. The van der Waals surface area contributed by atoms with Crippen molar-refractivity contribution in [1.29, 1.82) is 5.26 Å². The number of nitrogens with one attached hydrogen (secondary N) is 1. The number of nitrogens with zero attached hydrogens (tertiary/aromatic N) is 2. The molecule has 3 aromatic rings. The first-order valence-electron chi connectivity index (χ1n) is 8.64. The molecule has 1 aliphatic rings. The molecular weight excluding hydrogens is 310 g/mol. The van der Waals surface area contributed by atoms with E-state index >= 15 is 0 Å². The summed E-state index contributed by atoms with van der Waals surface area (Å²) in [4.78, 5) is 4.79. The fourth-order valence-electron chi connectivity index (χ4n) is 3.47. The van der Waals surface area contributed by atoms with Gasteiger partial charge in [-0.1, -0.05) is 30.3 Å². The molecular formula is C21H19N3O. The quantitative estimate of drug-likeness (QED) is 0.753. The zero-order valence-corrected chi connectivity index (χ0v) is 14.0. The summed E-state index contributed by atoms with van der Waals surface area (Å²) in [6.07, 6.45) is 5.79. The molecule has 25 heavy (non-hydrogen) atoms. The van der Waals surface area contributed by atoms with E-state index in [4.69, 9.17) is 9.40 Å². The SMILES string of the molecule is N#Cc1c(NCc2ccccc2)nc(-c2ccco2)c2c1CCCC2. The Hall–Kier alpha value is -3.06. The molecule has 1 aliphatic carbocycles. The molecule has 2 heterocycles. The van der Waals surface area contributed by atoms with Crippen LogP contribution in [0.4, 0.5) is 5.82 Å². The minimum absolute atomic E-state index is 0.638. The Kier molecular flexibility index (Phi) is 4.22. The van der Waals surface area contributed by atoms with Crippen molar-refractivity contribution in [3.05, 3.63) is 71.0 Å². The lowest BCUT2D eigenvalue weighted by Gasteiger charge is -2.21. The Bertz CT molecular complexity index is 909. The van der Waals surface area contributed by atoms with Gasteiger partial charge >= 0.3 is 0 Å². The largest absolute Gasteiger partial charge is 0.463 e. The fourth-order valence-corrected chi connectivity index (χ4v) is 3.47. The maximum atomic E-state index is 9.74. The predicted octanol–water partition coefficient (Wildman–Crippen LogP) is 4.70. The smallest absolute Gasteiger partial charge is 0.152 e. The van der Waals surface area contributed by atoms with Crippen molar-refractivity contribution >= 4 is 5.82 Å². The normalized spacial score (nSPS) is 13.1. The molecule has 0 saturated carbocycles. The number of pyridine rings is 1. The van der Waals surface area contributed by atoms with Crippen LogP contribution in [-0.2, 0) is 19.4 Å². The first kappa shape index (κ1) is 15.5. The van der Waals surface area contributed by atoms with Gasteiger partial charge in [0.25, 0.3) is 0 Å². The second-order valence-electron chi connectivity index (χ2n) is 6.28. The maximum absolute atomic E-state index is 9.74. The van der Waals surface area contributed by atoms with E-state index in [1.165, 1.54) is 5.56 Å². The van der Waals surface area contributed by atoms with E-state index in [9.17, 15) is 5.26 Å². The average molecular weight is 329 g/mol. The van der Waals surface area contributed by atoms with Crippen LogP contribution in [0.3, 0.4) is 0 Å². The molecule has 4 heteroatoms. The summed E-state index contributed by atoms with van der Waals surface area (Å²) in [5, 5.41) is 13.1. The zero-order valence-electron chi connectivity index (χ0n) is 14.0. The third-order valence-electron chi connectivity index (χ3n) is 4.69. The summed E-state index contributed by atoms with van der Waals surface area (Å²) in [6, 6.07) is 16.3. The van der Waals surface area contributed by atoms with E-state index in [2.05, 4.69) is 23.5 Å². The van der Waals surface area contributed by atoms with E-state index in [0.29, 0.717) is 17.9 Å². The molecule has 2 aromatic heterocycles. The highest BCUT2D eigenvalue weighted by Crippen LogP contribution is 2.35. The molecule has 0 saturated heterocycles. The lowest BCUT2D eigenvalue weighted by Crippen LogP contribution is -2.13. The number of anilines is 1. The van der Waals surface area contributed by atoms with Gasteiger partial charge in [-0.2, -0.15) is 5.26 Å². The highest BCUT2D eigenvalue weighted by Gasteiger charge is 2.23. The van der Waals surface area contributed by atoms with Gasteiger partial charge in [0.2, 0.25) is 0 Å². The van der Waals surface area contributed by atoms with Gasteiger partial charge < -0.3 is 9.73 Å². The molecule has 4 nitrogen and oxygen atoms in total. The summed E-state index contributed by atoms with van der Waals surface area (Å²) >= 11 is 0. The van der Waals surface area contributed by atoms with Crippen LogP contribution in [0.5, 0.6) is 0 Å². The van der Waals surface area contributed by atoms with E-state index in [1.54, 1.807) is 6.26 Å². The number of nitriles is 1. The molecule has 0 unspecified atom stereocenters. The van der Waals surface area contributed by atoms with Gasteiger partial charge in [0.1, 0.15) is 17.6 Å². The van der Waals surface area contributed by atoms with Gasteiger partial charge in [-0.15, -0.1) is 0 Å². The molecule has 0 fully saturated rings. The van der Waals surface area contributed by atoms with Crippen molar-refractivity contribution < 1.29 is 4.42 Å². The molecule has 1 aromatic carbocycles. The summed E-state index contributed by atoms with van der Waals surface area (Å²) < 4.78 is 5.60. The van der Waals surface area contributed by atoms with Gasteiger partial charge in [0, 0.05) is 6.54 Å². The molecule has 1 N–H and O–H groups in total. The van der Waals surface area contributed by atoms with Gasteiger partial charge in [-0.05, 0) is 54.5 Å². The summed E-state index contributed by atoms with van der Waals surface area (Å²) in [5.74, 6) is 1.42. The first-order valence-corrected chi connectivity index (χ1v) is 8.64. The van der Waals surface area contributed by atoms with E-state index < -0.39 is 0 Å². The molecule has 0 atom stereocenters. The van der Waals surface area contributed by atoms with Crippen molar-refractivity contribution in [3.63, 3.8) is 0 Å². The van der Waals surface area contributed by atoms with Crippen LogP contribution in [0.1, 0.15) is 35.1 Å². The second-order valence-corrected chi connectivity index (χ2v) is 6.28. The molecule has 0 spiro atoms. The standard InChI is InChI=1S/C21H19N3O/c22-13-18-16-9-4-5-10-17(16)20(19-11-6-12-25-19)24-21(18)23-14-15-7-2-1-3-8-15/h1-3,6-8,11-12H,4-5,9-10,14H2,(H,23,24). The van der Waals surface area contributed by atoms with Crippen molar-refractivity contribution in [2.75, 3.05) is 5.32 Å². The van der Waals surface area contributed by atoms with E-state index in [1.807, 2.05) is 30.3 Å². The Labute approximate surface area is 147 Å². The molecule has 0 radical (unpaired) electrons. The van der Waals surface area contributed by atoms with Gasteiger partial charge in [-0.25, -0.2) is 4.98 Å². The fraction of sp³-hybridized carbons (Fsp3) is 0.238. The number of benzene rings is 1. The number of fused-ring (bicyclic) bond motifs is 1. The third kappa shape index (κ3) is 3.01. The lowest BCUT2D eigenvalue weighted by molar-refractivity contribution is 0.577. The maximum Gasteiger partial charge on any atom is 0.152 e. The molecule has 0 aliphatic heterocycles. The van der Waals surface area contributed by atoms with Crippen LogP contribution in [0.2, 0.25) is 0 Å². The van der Waals surface area contributed by atoms with Crippen molar-refractivity contribution in [2.24, 2.45) is 0 Å². The average Bonchev–Trinajstić information content (AvgIpc) is 3.21. The van der Waals surface area contributed by atoms with Crippen molar-refractivity contribution in [1.82, 2.24) is 4.98 Å². The van der Waals surface area contributed by atoms with Gasteiger partial charge in [0.05, 0.1) is 11.8 Å². The van der Waals surface area contributed by atoms with E-state index in [-0.39, 0.29) is 0 Å². The minimum Gasteiger partial charge on any atom is -0.463 e. The molecule has 0 bridgehead atoms. The van der Waals surface area contributed by atoms with Crippen LogP contribution in [0.25, 0.3) is 11.5 Å². The Morgan fingerprint density at radius 3 is 2.56 bits per heavy atom. The summed E-state index contributed by atoms with van der Waals surface area (Å²) in [7, 11) is 0. The highest BCUT2D eigenvalue weighted by molar-refractivity contribution is 5.69. The number of hydrogen-bond donors (Lipinski definition) is 1. The Morgan fingerprint density at radius 2 is 1.84 bits per heavy atom. The van der Waals surface area contributed by atoms with Crippen molar-refractivity contribution in [3.8, 4) is 17.5 Å². The summed E-state index contributed by atoms with van der Waals surface area (Å²) in [6.45, 7) is 0.638. The number of aromatic nitrogens is 1. The third-order valence-corrected chi connectivity index (χ3v) is 4.69. The van der Waals surface area contributed by atoms with Crippen LogP contribution in [0, 0.1) is 11.3 Å². The lowest BCUT2D eigenvalue weighted by atomic mass is 9.87. The van der Waals surface area contributed by atoms with Gasteiger partial charge in [0.15, 0.2) is 5.76 Å². The number of rotatable bonds is 4. The van der Waals surface area contributed by atoms with Gasteiger partial charge in [-0.3, -0.25) is 0 Å². The number of hydrogen-bond acceptors (Lipinski definition) is 4. The monoisotopic (exact) mass is 329 g/mol. The first-order chi connectivity index (χ1) is 12.4. The van der Waals surface area contributed by atoms with Crippen LogP contribution >= 0.6 is 0 Å². The second kappa shape index (κ2) is 6.82. The molecule has 4 rings (SSSR count). The Morgan fingerprint density at radius 1 is 1.04 bits per heavy atom. The van der Waals surface area contributed by atoms with Crippen LogP contribution in [-0.4, -0.2) is 4.98 Å². The minimum atomic E-state index is 0.638. The topological polar surface area (TPSA) is 61.9 Å². The Balaban J connectivity index is 1.77. The number of furan rings is 1. The van der Waals surface area contributed by atoms with Crippen LogP contribution in [0.15, 0.2) is 53.1 Å². The van der Waals surface area contributed by atoms with Crippen molar-refractivity contribution in [2.45, 2.75) is 32.2 Å².